The molecule has 1 aliphatic rings. The monoisotopic (exact) mass is 410 g/mol. The smallest absolute Gasteiger partial charge is 0.276 e. The lowest BCUT2D eigenvalue weighted by Crippen LogP contribution is -2.49. The van der Waals surface area contributed by atoms with Crippen molar-refractivity contribution in [3.63, 3.8) is 0 Å². The van der Waals surface area contributed by atoms with Crippen molar-refractivity contribution in [2.75, 3.05) is 65.4 Å². The molecule has 2 heterocycles. The first-order valence-electron chi connectivity index (χ1n) is 8.99. The highest BCUT2D eigenvalue weighted by atomic mass is 32.2. The van der Waals surface area contributed by atoms with Crippen LogP contribution in [0, 0.1) is 0 Å². The molecule has 0 atom stereocenters. The number of nitrogens with zero attached hydrogens (tertiary/aromatic N) is 4. The Hall–Kier alpha value is -2.21. The van der Waals surface area contributed by atoms with E-state index in [9.17, 15) is 8.42 Å². The molecule has 3 rings (SSSR count). The molecule has 1 aromatic heterocycles. The number of anilines is 1. The lowest BCUT2D eigenvalue weighted by molar-refractivity contribution is 0.261. The molecule has 0 saturated carbocycles. The second-order valence-electron chi connectivity index (χ2n) is 6.35. The predicted octanol–water partition coefficient (Wildman–Crippen LogP) is -0.177. The van der Waals surface area contributed by atoms with Gasteiger partial charge in [-0.05, 0) is 6.07 Å². The van der Waals surface area contributed by atoms with Crippen LogP contribution in [0.4, 0.5) is 5.82 Å². The maximum Gasteiger partial charge on any atom is 0.276 e. The second kappa shape index (κ2) is 8.86. The summed E-state index contributed by atoms with van der Waals surface area (Å²) >= 11 is 0. The molecule has 2 N–H and O–H groups in total. The van der Waals surface area contributed by atoms with Gasteiger partial charge in [0.05, 0.1) is 19.7 Å². The Bertz CT molecular complexity index is 915. The van der Waals surface area contributed by atoms with Gasteiger partial charge in [-0.2, -0.15) is 8.42 Å². The second-order valence-corrected chi connectivity index (χ2v) is 8.06. The molecule has 0 radical (unpaired) electrons. The number of benzene rings is 1. The Balaban J connectivity index is 1.68. The van der Waals surface area contributed by atoms with Crippen LogP contribution in [0.1, 0.15) is 0 Å². The fourth-order valence-electron chi connectivity index (χ4n) is 3.22. The number of methoxy groups -OCH3 is 2. The molecule has 0 bridgehead atoms. The Morgan fingerprint density at radius 1 is 1.07 bits per heavy atom. The molecular weight excluding hydrogens is 384 g/mol. The number of aromatic nitrogens is 2. The van der Waals surface area contributed by atoms with Gasteiger partial charge >= 0.3 is 0 Å². The van der Waals surface area contributed by atoms with Crippen molar-refractivity contribution in [3.8, 4) is 11.5 Å². The van der Waals surface area contributed by atoms with Crippen molar-refractivity contribution >= 4 is 26.9 Å². The highest BCUT2D eigenvalue weighted by Gasteiger charge is 2.21. The van der Waals surface area contributed by atoms with Gasteiger partial charge in [0.25, 0.3) is 10.2 Å². The summed E-state index contributed by atoms with van der Waals surface area (Å²) in [5.41, 5.74) is 0.798. The van der Waals surface area contributed by atoms with Gasteiger partial charge < -0.3 is 14.4 Å². The summed E-state index contributed by atoms with van der Waals surface area (Å²) in [7, 11) is 1.20. The lowest BCUT2D eigenvalue weighted by Gasteiger charge is -2.35. The molecular formula is C17H26N6O4S. The lowest BCUT2D eigenvalue weighted by atomic mass is 10.2. The Kier molecular flexibility index (Phi) is 6.50. The minimum Gasteiger partial charge on any atom is -0.493 e. The van der Waals surface area contributed by atoms with E-state index in [2.05, 4.69) is 29.2 Å². The number of hydrogen-bond acceptors (Lipinski definition) is 8. The van der Waals surface area contributed by atoms with Gasteiger partial charge in [0.2, 0.25) is 0 Å². The summed E-state index contributed by atoms with van der Waals surface area (Å²) < 4.78 is 38.4. The van der Waals surface area contributed by atoms with Crippen LogP contribution in [0.2, 0.25) is 0 Å². The molecule has 0 amide bonds. The molecule has 1 saturated heterocycles. The molecule has 11 heteroatoms. The SMILES string of the molecule is CNS(=O)(=O)NCCN1CCN(c2ncnc3cc(OC)c(OC)cc23)CC1. The van der Waals surface area contributed by atoms with Crippen LogP contribution in [0.25, 0.3) is 10.9 Å². The summed E-state index contributed by atoms with van der Waals surface area (Å²) in [5, 5.41) is 0.912. The third-order valence-electron chi connectivity index (χ3n) is 4.78. The normalized spacial score (nSPS) is 15.8. The quantitative estimate of drug-likeness (QED) is 0.617. The van der Waals surface area contributed by atoms with Crippen molar-refractivity contribution in [1.29, 1.82) is 0 Å². The maximum atomic E-state index is 11.4. The average molecular weight is 411 g/mol. The summed E-state index contributed by atoms with van der Waals surface area (Å²) in [6.45, 7) is 4.25. The molecule has 1 fully saturated rings. The Labute approximate surface area is 165 Å². The number of fused-ring (bicyclic) bond motifs is 1. The van der Waals surface area contributed by atoms with Crippen LogP contribution in [0.3, 0.4) is 0 Å². The van der Waals surface area contributed by atoms with Gasteiger partial charge in [0.15, 0.2) is 11.5 Å². The van der Waals surface area contributed by atoms with Crippen molar-refractivity contribution in [1.82, 2.24) is 24.3 Å². The minimum absolute atomic E-state index is 0.372. The van der Waals surface area contributed by atoms with Crippen molar-refractivity contribution < 1.29 is 17.9 Å². The van der Waals surface area contributed by atoms with Crippen LogP contribution in [-0.2, 0) is 10.2 Å². The van der Waals surface area contributed by atoms with Gasteiger partial charge in [0.1, 0.15) is 12.1 Å². The van der Waals surface area contributed by atoms with E-state index in [0.717, 1.165) is 42.9 Å². The van der Waals surface area contributed by atoms with Gasteiger partial charge in [-0.1, -0.05) is 0 Å². The molecule has 0 unspecified atom stereocenters. The van der Waals surface area contributed by atoms with Gasteiger partial charge in [-0.3, -0.25) is 4.90 Å². The number of piperazine rings is 1. The third kappa shape index (κ3) is 4.61. The van der Waals surface area contributed by atoms with E-state index in [1.165, 1.54) is 7.05 Å². The number of nitrogens with one attached hydrogen (secondary N) is 2. The molecule has 10 nitrogen and oxygen atoms in total. The summed E-state index contributed by atoms with van der Waals surface area (Å²) in [6, 6.07) is 3.76. The predicted molar refractivity (Wildman–Crippen MR) is 107 cm³/mol. The fraction of sp³-hybridized carbons (Fsp3) is 0.529. The van der Waals surface area contributed by atoms with E-state index >= 15 is 0 Å². The van der Waals surface area contributed by atoms with Crippen LogP contribution >= 0.6 is 0 Å². The zero-order valence-corrected chi connectivity index (χ0v) is 17.1. The number of ether oxygens (including phenoxy) is 2. The zero-order chi connectivity index (χ0) is 20.1. The van der Waals surface area contributed by atoms with E-state index in [-0.39, 0.29) is 0 Å². The zero-order valence-electron chi connectivity index (χ0n) is 16.3. The molecule has 154 valence electrons. The molecule has 28 heavy (non-hydrogen) atoms. The van der Waals surface area contributed by atoms with Crippen LogP contribution in [-0.4, -0.2) is 83.8 Å². The molecule has 1 aromatic carbocycles. The van der Waals surface area contributed by atoms with Crippen molar-refractivity contribution in [2.24, 2.45) is 0 Å². The Morgan fingerprint density at radius 3 is 2.39 bits per heavy atom. The van der Waals surface area contributed by atoms with Crippen molar-refractivity contribution in [2.45, 2.75) is 0 Å². The summed E-state index contributed by atoms with van der Waals surface area (Å²) in [4.78, 5) is 13.3. The van der Waals surface area contributed by atoms with Gasteiger partial charge in [-0.25, -0.2) is 19.4 Å². The van der Waals surface area contributed by atoms with E-state index < -0.39 is 10.2 Å². The average Bonchev–Trinajstić information content (AvgIpc) is 2.72. The first-order chi connectivity index (χ1) is 13.5. The van der Waals surface area contributed by atoms with Gasteiger partial charge in [-0.15, -0.1) is 0 Å². The Morgan fingerprint density at radius 2 is 1.75 bits per heavy atom. The highest BCUT2D eigenvalue weighted by molar-refractivity contribution is 7.87. The van der Waals surface area contributed by atoms with E-state index in [1.807, 2.05) is 12.1 Å². The topological polar surface area (TPSA) is 109 Å². The van der Waals surface area contributed by atoms with Crippen LogP contribution in [0.15, 0.2) is 18.5 Å². The highest BCUT2D eigenvalue weighted by Crippen LogP contribution is 2.34. The van der Waals surface area contributed by atoms with Crippen LogP contribution in [0.5, 0.6) is 11.5 Å². The molecule has 2 aromatic rings. The van der Waals surface area contributed by atoms with Gasteiger partial charge in [0, 0.05) is 57.8 Å². The maximum absolute atomic E-state index is 11.4. The molecule has 1 aliphatic heterocycles. The van der Waals surface area contributed by atoms with E-state index in [4.69, 9.17) is 9.47 Å². The standard InChI is InChI=1S/C17H26N6O4S/c1-18-28(24,25)21-4-5-22-6-8-23(9-7-22)17-13-10-15(26-2)16(27-3)11-14(13)19-12-20-17/h10-12,18,21H,4-9H2,1-3H3. The van der Waals surface area contributed by atoms with E-state index in [1.54, 1.807) is 20.5 Å². The van der Waals surface area contributed by atoms with E-state index in [0.29, 0.717) is 24.6 Å². The summed E-state index contributed by atoms with van der Waals surface area (Å²) in [6.07, 6.45) is 1.56. The molecule has 0 aliphatic carbocycles. The third-order valence-corrected chi connectivity index (χ3v) is 5.90. The first kappa shape index (κ1) is 20.5. The minimum atomic E-state index is -3.39. The van der Waals surface area contributed by atoms with Crippen molar-refractivity contribution in [3.05, 3.63) is 18.5 Å². The summed E-state index contributed by atoms with van der Waals surface area (Å²) in [5.74, 6) is 2.14. The number of hydrogen-bond donors (Lipinski definition) is 2. The number of rotatable bonds is 8. The fourth-order valence-corrected chi connectivity index (χ4v) is 3.72. The first-order valence-corrected chi connectivity index (χ1v) is 10.5. The van der Waals surface area contributed by atoms with Crippen LogP contribution < -0.4 is 23.8 Å². The molecule has 0 spiro atoms. The largest absolute Gasteiger partial charge is 0.493 e.